The van der Waals surface area contributed by atoms with Gasteiger partial charge in [0.25, 0.3) is 0 Å². The maximum absolute atomic E-state index is 9.96. The van der Waals surface area contributed by atoms with E-state index in [0.29, 0.717) is 5.75 Å². The van der Waals surface area contributed by atoms with Gasteiger partial charge in [-0.25, -0.2) is 0 Å². The zero-order valence-corrected chi connectivity index (χ0v) is 11.3. The number of phenolic OH excluding ortho intramolecular Hbond substituents is 1. The molecule has 0 aliphatic carbocycles. The standard InChI is InChI=1S/C14H22N2O2/c1-14(2,3)18-10-4-5-13(17)11(8-10)12-9-15-6-7-16-12/h4-5,8,12,15-17H,6-7,9H2,1-3H3/t12-/m1/s1. The first kappa shape index (κ1) is 13.2. The number of piperazine rings is 1. The van der Waals surface area contributed by atoms with Crippen LogP contribution in [-0.4, -0.2) is 30.3 Å². The molecule has 1 aliphatic rings. The summed E-state index contributed by atoms with van der Waals surface area (Å²) in [5, 5.41) is 16.7. The molecule has 0 radical (unpaired) electrons. The molecule has 1 aromatic rings. The van der Waals surface area contributed by atoms with E-state index in [-0.39, 0.29) is 11.6 Å². The average molecular weight is 250 g/mol. The van der Waals surface area contributed by atoms with Crippen molar-refractivity contribution in [3.63, 3.8) is 0 Å². The molecule has 4 heteroatoms. The summed E-state index contributed by atoms with van der Waals surface area (Å²) in [7, 11) is 0. The number of rotatable bonds is 2. The number of nitrogens with one attached hydrogen (secondary N) is 2. The summed E-state index contributed by atoms with van der Waals surface area (Å²) >= 11 is 0. The van der Waals surface area contributed by atoms with Gasteiger partial charge in [0.2, 0.25) is 0 Å². The number of benzene rings is 1. The second kappa shape index (κ2) is 5.16. The van der Waals surface area contributed by atoms with Crippen LogP contribution in [0.15, 0.2) is 18.2 Å². The normalized spacial score (nSPS) is 20.7. The molecule has 1 fully saturated rings. The number of ether oxygens (including phenoxy) is 1. The van der Waals surface area contributed by atoms with Crippen molar-refractivity contribution in [3.8, 4) is 11.5 Å². The minimum absolute atomic E-state index is 0.141. The Hall–Kier alpha value is -1.26. The Morgan fingerprint density at radius 1 is 1.28 bits per heavy atom. The number of aromatic hydroxyl groups is 1. The predicted octanol–water partition coefficient (Wildman–Crippen LogP) is 1.80. The number of hydrogen-bond acceptors (Lipinski definition) is 4. The van der Waals surface area contributed by atoms with Crippen molar-refractivity contribution in [2.45, 2.75) is 32.4 Å². The highest BCUT2D eigenvalue weighted by atomic mass is 16.5. The Bertz CT molecular complexity index is 407. The van der Waals surface area contributed by atoms with Gasteiger partial charge in [0, 0.05) is 31.2 Å². The van der Waals surface area contributed by atoms with Gasteiger partial charge in [0.05, 0.1) is 0 Å². The lowest BCUT2D eigenvalue weighted by Gasteiger charge is -2.27. The Labute approximate surface area is 108 Å². The van der Waals surface area contributed by atoms with Crippen LogP contribution in [0, 0.1) is 0 Å². The lowest BCUT2D eigenvalue weighted by molar-refractivity contribution is 0.130. The minimum atomic E-state index is -0.230. The highest BCUT2D eigenvalue weighted by molar-refractivity contribution is 5.41. The molecule has 3 N–H and O–H groups in total. The zero-order valence-electron chi connectivity index (χ0n) is 11.3. The van der Waals surface area contributed by atoms with E-state index in [0.717, 1.165) is 30.9 Å². The van der Waals surface area contributed by atoms with Crippen LogP contribution in [0.4, 0.5) is 0 Å². The summed E-state index contributed by atoms with van der Waals surface area (Å²) in [6, 6.07) is 5.57. The van der Waals surface area contributed by atoms with Crippen LogP contribution in [0.25, 0.3) is 0 Å². The molecule has 0 bridgehead atoms. The summed E-state index contributed by atoms with van der Waals surface area (Å²) in [4.78, 5) is 0. The largest absolute Gasteiger partial charge is 0.508 e. The summed E-state index contributed by atoms with van der Waals surface area (Å²) in [5.74, 6) is 1.11. The molecular formula is C14H22N2O2. The van der Waals surface area contributed by atoms with Gasteiger partial charge < -0.3 is 20.5 Å². The molecule has 0 saturated carbocycles. The number of hydrogen-bond donors (Lipinski definition) is 3. The van der Waals surface area contributed by atoms with E-state index >= 15 is 0 Å². The van der Waals surface area contributed by atoms with E-state index in [4.69, 9.17) is 4.74 Å². The van der Waals surface area contributed by atoms with Crippen LogP contribution in [-0.2, 0) is 0 Å². The fraction of sp³-hybridized carbons (Fsp3) is 0.571. The van der Waals surface area contributed by atoms with Crippen LogP contribution in [0.2, 0.25) is 0 Å². The molecule has 1 heterocycles. The van der Waals surface area contributed by atoms with Gasteiger partial charge in [-0.2, -0.15) is 0 Å². The van der Waals surface area contributed by atoms with Gasteiger partial charge in [0.1, 0.15) is 17.1 Å². The minimum Gasteiger partial charge on any atom is -0.508 e. The van der Waals surface area contributed by atoms with Crippen LogP contribution < -0.4 is 15.4 Å². The lowest BCUT2D eigenvalue weighted by Crippen LogP contribution is -2.42. The topological polar surface area (TPSA) is 53.5 Å². The molecule has 0 spiro atoms. The van der Waals surface area contributed by atoms with E-state index < -0.39 is 0 Å². The van der Waals surface area contributed by atoms with Crippen LogP contribution in [0.1, 0.15) is 32.4 Å². The molecule has 1 saturated heterocycles. The highest BCUT2D eigenvalue weighted by Gasteiger charge is 2.19. The van der Waals surface area contributed by atoms with Crippen molar-refractivity contribution in [1.29, 1.82) is 0 Å². The van der Waals surface area contributed by atoms with Crippen LogP contribution >= 0.6 is 0 Å². The van der Waals surface area contributed by atoms with Gasteiger partial charge in [-0.15, -0.1) is 0 Å². The van der Waals surface area contributed by atoms with E-state index in [1.165, 1.54) is 0 Å². The first-order valence-corrected chi connectivity index (χ1v) is 6.42. The smallest absolute Gasteiger partial charge is 0.120 e. The third-order valence-corrected chi connectivity index (χ3v) is 2.84. The Morgan fingerprint density at radius 2 is 2.06 bits per heavy atom. The fourth-order valence-electron chi connectivity index (χ4n) is 2.10. The highest BCUT2D eigenvalue weighted by Crippen LogP contribution is 2.30. The zero-order chi connectivity index (χ0) is 13.2. The molecule has 0 amide bonds. The summed E-state index contributed by atoms with van der Waals surface area (Å²) in [5.41, 5.74) is 0.663. The SMILES string of the molecule is CC(C)(C)Oc1ccc(O)c([C@H]2CNCCN2)c1. The molecule has 1 atom stereocenters. The quantitative estimate of drug-likeness (QED) is 0.749. The van der Waals surface area contributed by atoms with Gasteiger partial charge in [-0.1, -0.05) is 0 Å². The summed E-state index contributed by atoms with van der Waals surface area (Å²) < 4.78 is 5.83. The van der Waals surface area contributed by atoms with Crippen molar-refractivity contribution >= 4 is 0 Å². The predicted molar refractivity (Wildman–Crippen MR) is 72.1 cm³/mol. The summed E-state index contributed by atoms with van der Waals surface area (Å²) in [6.07, 6.45) is 0. The molecule has 2 rings (SSSR count). The second-order valence-electron chi connectivity index (χ2n) is 5.65. The van der Waals surface area contributed by atoms with Crippen LogP contribution in [0.5, 0.6) is 11.5 Å². The van der Waals surface area contributed by atoms with E-state index in [1.54, 1.807) is 12.1 Å². The van der Waals surface area contributed by atoms with E-state index in [1.807, 2.05) is 26.8 Å². The lowest BCUT2D eigenvalue weighted by atomic mass is 10.0. The molecule has 100 valence electrons. The first-order chi connectivity index (χ1) is 8.46. The van der Waals surface area contributed by atoms with Crippen molar-refractivity contribution in [3.05, 3.63) is 23.8 Å². The average Bonchev–Trinajstić information content (AvgIpc) is 2.31. The molecular weight excluding hydrogens is 228 g/mol. The Morgan fingerprint density at radius 3 is 2.67 bits per heavy atom. The van der Waals surface area contributed by atoms with Crippen molar-refractivity contribution in [2.24, 2.45) is 0 Å². The molecule has 4 nitrogen and oxygen atoms in total. The Kier molecular flexibility index (Phi) is 3.78. The molecule has 0 unspecified atom stereocenters. The molecule has 18 heavy (non-hydrogen) atoms. The maximum Gasteiger partial charge on any atom is 0.120 e. The Balaban J connectivity index is 2.20. The van der Waals surface area contributed by atoms with Gasteiger partial charge in [0.15, 0.2) is 0 Å². The second-order valence-corrected chi connectivity index (χ2v) is 5.65. The fourth-order valence-corrected chi connectivity index (χ4v) is 2.10. The van der Waals surface area contributed by atoms with Crippen LogP contribution in [0.3, 0.4) is 0 Å². The van der Waals surface area contributed by atoms with Gasteiger partial charge in [-0.05, 0) is 39.0 Å². The third kappa shape index (κ3) is 3.37. The first-order valence-electron chi connectivity index (χ1n) is 6.42. The third-order valence-electron chi connectivity index (χ3n) is 2.84. The number of phenols is 1. The molecule has 1 aromatic carbocycles. The van der Waals surface area contributed by atoms with Crippen molar-refractivity contribution in [1.82, 2.24) is 10.6 Å². The van der Waals surface area contributed by atoms with Gasteiger partial charge >= 0.3 is 0 Å². The maximum atomic E-state index is 9.96. The van der Waals surface area contributed by atoms with Gasteiger partial charge in [-0.3, -0.25) is 0 Å². The monoisotopic (exact) mass is 250 g/mol. The molecule has 0 aromatic heterocycles. The van der Waals surface area contributed by atoms with E-state index in [9.17, 15) is 5.11 Å². The molecule has 1 aliphatic heterocycles. The van der Waals surface area contributed by atoms with E-state index in [2.05, 4.69) is 10.6 Å². The summed E-state index contributed by atoms with van der Waals surface area (Å²) in [6.45, 7) is 8.75. The van der Waals surface area contributed by atoms with Crippen molar-refractivity contribution < 1.29 is 9.84 Å². The van der Waals surface area contributed by atoms with Crippen molar-refractivity contribution in [2.75, 3.05) is 19.6 Å².